The highest BCUT2D eigenvalue weighted by atomic mass is 16.6. The molecule has 4 aliphatic rings. The van der Waals surface area contributed by atoms with Crippen LogP contribution >= 0.6 is 0 Å². The highest BCUT2D eigenvalue weighted by molar-refractivity contribution is 5.94. The molecule has 2 bridgehead atoms. The Balaban J connectivity index is 1.45. The SMILES string of the molecule is COc1ccc2c3c1O[C@H]1[C@@H](N(C)C(=O)C#Cc4cccc(C)c4)CC[C@@]4(OC(C)=O)[C@@H](C2)N(C)CC[C@]314. The van der Waals surface area contributed by atoms with Gasteiger partial charge in [-0.05, 0) is 75.5 Å². The molecule has 2 heterocycles. The topological polar surface area (TPSA) is 68.3 Å². The summed E-state index contributed by atoms with van der Waals surface area (Å²) in [5, 5.41) is 0. The van der Waals surface area contributed by atoms with Crippen LogP contribution in [0.15, 0.2) is 36.4 Å². The van der Waals surface area contributed by atoms with Crippen LogP contribution in [0.1, 0.15) is 48.4 Å². The first kappa shape index (κ1) is 24.8. The molecule has 0 N–H and O–H groups in total. The first-order valence-corrected chi connectivity index (χ1v) is 13.3. The van der Waals surface area contributed by atoms with Gasteiger partial charge >= 0.3 is 5.97 Å². The number of methoxy groups -OCH3 is 1. The lowest BCUT2D eigenvalue weighted by Crippen LogP contribution is -2.78. The molecule has 2 aliphatic heterocycles. The van der Waals surface area contributed by atoms with Crippen molar-refractivity contribution >= 4 is 11.9 Å². The summed E-state index contributed by atoms with van der Waals surface area (Å²) in [5.41, 5.74) is 2.90. The molecule has 7 nitrogen and oxygen atoms in total. The number of ether oxygens (including phenoxy) is 3. The molecule has 0 aromatic heterocycles. The van der Waals surface area contributed by atoms with Gasteiger partial charge < -0.3 is 19.1 Å². The molecule has 1 amide bonds. The lowest BCUT2D eigenvalue weighted by Gasteiger charge is -2.65. The Morgan fingerprint density at radius 3 is 2.76 bits per heavy atom. The van der Waals surface area contributed by atoms with Gasteiger partial charge in [0.05, 0.1) is 24.6 Å². The standard InChI is InChI=1S/C31H34N2O5/c1-19-7-6-8-21(17-19)9-12-26(35)33(4)23-13-14-31(38-20(2)34)25-18-22-10-11-24(36-5)28-27(22)30(31,29(23)37-28)15-16-32(25)3/h6-8,10-11,17,23,25,29H,13-16,18H2,1-5H3/t23-,25+,29-,30-,31+/m0/s1. The zero-order valence-electron chi connectivity index (χ0n) is 22.7. The maximum Gasteiger partial charge on any atom is 0.303 e. The molecule has 6 rings (SSSR count). The predicted molar refractivity (Wildman–Crippen MR) is 142 cm³/mol. The maximum absolute atomic E-state index is 13.4. The van der Waals surface area contributed by atoms with E-state index in [9.17, 15) is 9.59 Å². The third-order valence-electron chi connectivity index (χ3n) is 9.34. The van der Waals surface area contributed by atoms with Crippen molar-refractivity contribution in [2.75, 3.05) is 27.7 Å². The largest absolute Gasteiger partial charge is 0.493 e. The Bertz CT molecular complexity index is 1390. The second kappa shape index (κ2) is 8.78. The molecule has 0 unspecified atom stereocenters. The fourth-order valence-electron chi connectivity index (χ4n) is 7.79. The van der Waals surface area contributed by atoms with E-state index in [1.807, 2.05) is 44.3 Å². The molecule has 2 fully saturated rings. The van der Waals surface area contributed by atoms with Gasteiger partial charge in [-0.2, -0.15) is 0 Å². The Hall–Kier alpha value is -3.50. The van der Waals surface area contributed by atoms with Gasteiger partial charge in [-0.3, -0.25) is 14.5 Å². The minimum absolute atomic E-state index is 0.0289. The van der Waals surface area contributed by atoms with Gasteiger partial charge in [0.15, 0.2) is 11.5 Å². The minimum Gasteiger partial charge on any atom is -0.493 e. The van der Waals surface area contributed by atoms with E-state index in [4.69, 9.17) is 14.2 Å². The van der Waals surface area contributed by atoms with Crippen molar-refractivity contribution in [2.24, 2.45) is 0 Å². The quantitative estimate of drug-likeness (QED) is 0.463. The number of rotatable bonds is 3. The summed E-state index contributed by atoms with van der Waals surface area (Å²) in [5.74, 6) is 6.75. The van der Waals surface area contributed by atoms with Crippen LogP contribution in [0.4, 0.5) is 0 Å². The van der Waals surface area contributed by atoms with E-state index in [0.29, 0.717) is 18.6 Å². The molecular weight excluding hydrogens is 480 g/mol. The lowest BCUT2D eigenvalue weighted by molar-refractivity contribution is -0.220. The van der Waals surface area contributed by atoms with Crippen molar-refractivity contribution in [1.82, 2.24) is 9.80 Å². The highest BCUT2D eigenvalue weighted by Gasteiger charge is 2.75. The fourth-order valence-corrected chi connectivity index (χ4v) is 7.79. The number of hydrogen-bond acceptors (Lipinski definition) is 6. The van der Waals surface area contributed by atoms with Gasteiger partial charge in [-0.1, -0.05) is 24.1 Å². The zero-order valence-corrected chi connectivity index (χ0v) is 22.7. The summed E-state index contributed by atoms with van der Waals surface area (Å²) in [7, 11) is 5.58. The van der Waals surface area contributed by atoms with Crippen molar-refractivity contribution < 1.29 is 23.8 Å². The number of piperidine rings is 1. The van der Waals surface area contributed by atoms with Crippen molar-refractivity contribution in [3.05, 3.63) is 58.7 Å². The van der Waals surface area contributed by atoms with Crippen LogP contribution in [0.3, 0.4) is 0 Å². The maximum atomic E-state index is 13.4. The van der Waals surface area contributed by atoms with Crippen LogP contribution in [0.2, 0.25) is 0 Å². The predicted octanol–water partition coefficient (Wildman–Crippen LogP) is 3.24. The molecule has 7 heteroatoms. The normalized spacial score (nSPS) is 30.3. The molecule has 1 saturated heterocycles. The van der Waals surface area contributed by atoms with Crippen LogP contribution in [0.25, 0.3) is 0 Å². The number of carbonyl (C=O) groups excluding carboxylic acids is 2. The van der Waals surface area contributed by atoms with Crippen LogP contribution < -0.4 is 9.47 Å². The van der Waals surface area contributed by atoms with Crippen LogP contribution in [-0.4, -0.2) is 73.2 Å². The molecule has 2 aromatic carbocycles. The second-order valence-corrected chi connectivity index (χ2v) is 11.2. The third-order valence-corrected chi connectivity index (χ3v) is 9.34. The van der Waals surface area contributed by atoms with E-state index in [1.54, 1.807) is 12.0 Å². The van der Waals surface area contributed by atoms with Gasteiger partial charge in [-0.25, -0.2) is 0 Å². The van der Waals surface area contributed by atoms with E-state index in [0.717, 1.165) is 41.8 Å². The number of likely N-dealkylation sites (tertiary alicyclic amines) is 1. The summed E-state index contributed by atoms with van der Waals surface area (Å²) in [6, 6.07) is 11.7. The number of esters is 1. The number of likely N-dealkylation sites (N-methyl/N-ethyl adjacent to an activating group) is 2. The lowest BCUT2D eigenvalue weighted by atomic mass is 9.48. The number of benzene rings is 2. The minimum atomic E-state index is -0.741. The molecule has 1 spiro atoms. The molecule has 38 heavy (non-hydrogen) atoms. The van der Waals surface area contributed by atoms with Gasteiger partial charge in [0.1, 0.15) is 11.7 Å². The van der Waals surface area contributed by atoms with E-state index >= 15 is 0 Å². The number of aryl methyl sites for hydroxylation is 1. The zero-order chi connectivity index (χ0) is 26.8. The van der Waals surface area contributed by atoms with Gasteiger partial charge in [0, 0.05) is 31.0 Å². The smallest absolute Gasteiger partial charge is 0.303 e. The Morgan fingerprint density at radius 2 is 2.03 bits per heavy atom. The van der Waals surface area contributed by atoms with E-state index in [1.165, 1.54) is 12.5 Å². The molecular formula is C31H34N2O5. The molecule has 5 atom stereocenters. The highest BCUT2D eigenvalue weighted by Crippen LogP contribution is 2.67. The van der Waals surface area contributed by atoms with Crippen LogP contribution in [-0.2, 0) is 26.2 Å². The van der Waals surface area contributed by atoms with E-state index in [-0.39, 0.29) is 30.1 Å². The molecule has 2 aliphatic carbocycles. The van der Waals surface area contributed by atoms with Crippen molar-refractivity contribution in [3.8, 4) is 23.3 Å². The summed E-state index contributed by atoms with van der Waals surface area (Å²) >= 11 is 0. The fraction of sp³-hybridized carbons (Fsp3) is 0.484. The first-order valence-electron chi connectivity index (χ1n) is 13.3. The number of amides is 1. The van der Waals surface area contributed by atoms with Crippen molar-refractivity contribution in [2.45, 2.75) is 68.7 Å². The average Bonchev–Trinajstić information content (AvgIpc) is 3.24. The van der Waals surface area contributed by atoms with Gasteiger partial charge in [0.2, 0.25) is 0 Å². The average molecular weight is 515 g/mol. The Morgan fingerprint density at radius 1 is 1.21 bits per heavy atom. The van der Waals surface area contributed by atoms with E-state index in [2.05, 4.69) is 29.9 Å². The molecule has 198 valence electrons. The van der Waals surface area contributed by atoms with E-state index < -0.39 is 11.0 Å². The summed E-state index contributed by atoms with van der Waals surface area (Å²) in [4.78, 5) is 30.1. The first-order chi connectivity index (χ1) is 18.2. The number of carbonyl (C=O) groups is 2. The number of nitrogens with zero attached hydrogens (tertiary/aromatic N) is 2. The summed E-state index contributed by atoms with van der Waals surface area (Å²) < 4.78 is 19.0. The summed E-state index contributed by atoms with van der Waals surface area (Å²) in [6.45, 7) is 4.35. The Kier molecular flexibility index (Phi) is 5.73. The third kappa shape index (κ3) is 3.32. The van der Waals surface area contributed by atoms with Crippen molar-refractivity contribution in [3.63, 3.8) is 0 Å². The summed E-state index contributed by atoms with van der Waals surface area (Å²) in [6.07, 6.45) is 2.44. The monoisotopic (exact) mass is 514 g/mol. The molecule has 0 radical (unpaired) electrons. The van der Waals surface area contributed by atoms with Crippen LogP contribution in [0, 0.1) is 18.8 Å². The van der Waals surface area contributed by atoms with Crippen molar-refractivity contribution in [1.29, 1.82) is 0 Å². The molecule has 2 aromatic rings. The van der Waals surface area contributed by atoms with Crippen LogP contribution in [0.5, 0.6) is 11.5 Å². The second-order valence-electron chi connectivity index (χ2n) is 11.2. The van der Waals surface area contributed by atoms with Gasteiger partial charge in [-0.15, -0.1) is 0 Å². The number of hydrogen-bond donors (Lipinski definition) is 0. The van der Waals surface area contributed by atoms with Gasteiger partial charge in [0.25, 0.3) is 5.91 Å². The Labute approximate surface area is 224 Å². The molecule has 1 saturated carbocycles.